The molecule has 2 N–H and O–H groups in total. The second-order valence-electron chi connectivity index (χ2n) is 12.4. The Morgan fingerprint density at radius 1 is 0.605 bits per heavy atom. The van der Waals surface area contributed by atoms with E-state index in [1.807, 2.05) is 0 Å². The predicted octanol–water partition coefficient (Wildman–Crippen LogP) is 10.2. The fourth-order valence-corrected chi connectivity index (χ4v) is 7.10. The van der Waals surface area contributed by atoms with Crippen LogP contribution in [0.15, 0.2) is 36.4 Å². The summed E-state index contributed by atoms with van der Waals surface area (Å²) in [7, 11) is 0. The molecule has 4 nitrogen and oxygen atoms in total. The zero-order valence-corrected chi connectivity index (χ0v) is 24.0. The molecule has 2 aliphatic rings. The zero-order valence-electron chi connectivity index (χ0n) is 24.0. The van der Waals surface area contributed by atoms with Gasteiger partial charge in [-0.15, -0.1) is 0 Å². The Morgan fingerprint density at radius 2 is 1.05 bits per heavy atom. The summed E-state index contributed by atoms with van der Waals surface area (Å²) in [4.78, 5) is 0. The molecule has 2 heterocycles. The third kappa shape index (κ3) is 6.98. The standard InChI is InChI=1S/C34H50N4/c1-3-5-7-10-25-14-18-27(19-15-25)31-23-33(37-35-31)29-12-9-13-30(22-29)34-24-32(36-38-34)28-20-16-26(17-21-28)11-8-6-4-2/h9,12-13,22-28H,3-8,10-11,14-21H2,1-2H3,(H,35,37)(H,36,38). The fraction of sp³-hybridized carbons (Fsp3) is 0.647. The molecule has 2 aromatic heterocycles. The Bertz CT molecular complexity index is 1010. The number of hydrogen-bond donors (Lipinski definition) is 2. The van der Waals surface area contributed by atoms with Gasteiger partial charge in [0, 0.05) is 23.0 Å². The Balaban J connectivity index is 1.17. The van der Waals surface area contributed by atoms with E-state index in [2.05, 4.69) is 60.4 Å². The van der Waals surface area contributed by atoms with Crippen molar-refractivity contribution in [2.45, 2.75) is 128 Å². The summed E-state index contributed by atoms with van der Waals surface area (Å²) in [5.41, 5.74) is 7.19. The van der Waals surface area contributed by atoms with Crippen LogP contribution in [-0.4, -0.2) is 20.4 Å². The van der Waals surface area contributed by atoms with Gasteiger partial charge in [0.05, 0.1) is 22.8 Å². The van der Waals surface area contributed by atoms with Crippen molar-refractivity contribution in [1.82, 2.24) is 20.4 Å². The van der Waals surface area contributed by atoms with Crippen LogP contribution in [0, 0.1) is 11.8 Å². The maximum Gasteiger partial charge on any atom is 0.0659 e. The van der Waals surface area contributed by atoms with Crippen molar-refractivity contribution in [3.05, 3.63) is 47.8 Å². The molecule has 2 saturated carbocycles. The quantitative estimate of drug-likeness (QED) is 0.236. The monoisotopic (exact) mass is 514 g/mol. The maximum atomic E-state index is 4.77. The smallest absolute Gasteiger partial charge is 0.0659 e. The molecule has 2 aliphatic carbocycles. The number of benzene rings is 1. The van der Waals surface area contributed by atoms with Crippen LogP contribution in [-0.2, 0) is 0 Å². The van der Waals surface area contributed by atoms with Crippen LogP contribution in [0.5, 0.6) is 0 Å². The molecule has 0 aliphatic heterocycles. The second kappa shape index (κ2) is 13.6. The maximum absolute atomic E-state index is 4.77. The van der Waals surface area contributed by atoms with Gasteiger partial charge in [0.1, 0.15) is 0 Å². The highest BCUT2D eigenvalue weighted by atomic mass is 15.1. The van der Waals surface area contributed by atoms with Crippen molar-refractivity contribution >= 4 is 0 Å². The molecule has 1 aromatic carbocycles. The topological polar surface area (TPSA) is 57.4 Å². The highest BCUT2D eigenvalue weighted by molar-refractivity contribution is 5.69. The normalized spacial score (nSPS) is 24.1. The third-order valence-electron chi connectivity index (χ3n) is 9.64. The van der Waals surface area contributed by atoms with Crippen molar-refractivity contribution in [2.24, 2.45) is 11.8 Å². The highest BCUT2D eigenvalue weighted by Gasteiger charge is 2.25. The summed E-state index contributed by atoms with van der Waals surface area (Å²) < 4.78 is 0. The number of unbranched alkanes of at least 4 members (excludes halogenated alkanes) is 4. The van der Waals surface area contributed by atoms with E-state index < -0.39 is 0 Å². The van der Waals surface area contributed by atoms with E-state index in [0.717, 1.165) is 23.2 Å². The van der Waals surface area contributed by atoms with Gasteiger partial charge in [0.2, 0.25) is 0 Å². The van der Waals surface area contributed by atoms with Crippen molar-refractivity contribution in [3.63, 3.8) is 0 Å². The molecular formula is C34H50N4. The van der Waals surface area contributed by atoms with E-state index in [1.54, 1.807) is 0 Å². The van der Waals surface area contributed by atoms with Crippen molar-refractivity contribution in [2.75, 3.05) is 0 Å². The van der Waals surface area contributed by atoms with E-state index in [-0.39, 0.29) is 0 Å². The van der Waals surface area contributed by atoms with Gasteiger partial charge in [-0.1, -0.05) is 83.4 Å². The molecule has 2 fully saturated rings. The first-order chi connectivity index (χ1) is 18.7. The fourth-order valence-electron chi connectivity index (χ4n) is 7.10. The van der Waals surface area contributed by atoms with Crippen LogP contribution < -0.4 is 0 Å². The number of hydrogen-bond acceptors (Lipinski definition) is 2. The lowest BCUT2D eigenvalue weighted by molar-refractivity contribution is 0.300. The van der Waals surface area contributed by atoms with Gasteiger partial charge >= 0.3 is 0 Å². The average molecular weight is 515 g/mol. The molecule has 0 radical (unpaired) electrons. The molecule has 0 bridgehead atoms. The lowest BCUT2D eigenvalue weighted by Crippen LogP contribution is -2.13. The van der Waals surface area contributed by atoms with E-state index in [0.29, 0.717) is 11.8 Å². The minimum absolute atomic E-state index is 0.613. The summed E-state index contributed by atoms with van der Waals surface area (Å²) >= 11 is 0. The Morgan fingerprint density at radius 3 is 1.47 bits per heavy atom. The van der Waals surface area contributed by atoms with Gasteiger partial charge < -0.3 is 0 Å². The van der Waals surface area contributed by atoms with Gasteiger partial charge in [-0.2, -0.15) is 10.2 Å². The number of H-pyrrole nitrogens is 2. The van der Waals surface area contributed by atoms with Crippen molar-refractivity contribution < 1.29 is 0 Å². The first-order valence-electron chi connectivity index (χ1n) is 15.9. The van der Waals surface area contributed by atoms with E-state index in [4.69, 9.17) is 10.2 Å². The van der Waals surface area contributed by atoms with E-state index in [9.17, 15) is 0 Å². The van der Waals surface area contributed by atoms with Gasteiger partial charge in [-0.3, -0.25) is 10.2 Å². The summed E-state index contributed by atoms with van der Waals surface area (Å²) in [6.07, 6.45) is 21.7. The van der Waals surface area contributed by atoms with Gasteiger partial charge in [0.15, 0.2) is 0 Å². The SMILES string of the molecule is CCCCCC1CCC(c2cc(-c3cccc(-c4cc(C5CCC(CCCCC)CC5)n[nH]4)c3)[nH]n2)CC1. The third-order valence-corrected chi connectivity index (χ3v) is 9.64. The predicted molar refractivity (Wildman–Crippen MR) is 159 cm³/mol. The second-order valence-corrected chi connectivity index (χ2v) is 12.4. The summed E-state index contributed by atoms with van der Waals surface area (Å²) in [5, 5.41) is 16.2. The van der Waals surface area contributed by atoms with Crippen LogP contribution in [0.1, 0.15) is 140 Å². The minimum Gasteiger partial charge on any atom is -0.278 e. The molecule has 0 amide bonds. The number of nitrogens with zero attached hydrogens (tertiary/aromatic N) is 2. The number of aromatic amines is 2. The molecule has 0 unspecified atom stereocenters. The molecule has 0 saturated heterocycles. The van der Waals surface area contributed by atoms with Gasteiger partial charge in [-0.25, -0.2) is 0 Å². The number of nitrogens with one attached hydrogen (secondary N) is 2. The zero-order chi connectivity index (χ0) is 26.2. The molecule has 3 aromatic rings. The molecule has 206 valence electrons. The molecule has 5 rings (SSSR count). The lowest BCUT2D eigenvalue weighted by Gasteiger charge is -2.27. The van der Waals surface area contributed by atoms with E-state index >= 15 is 0 Å². The molecule has 0 spiro atoms. The Labute approximate surface area is 230 Å². The van der Waals surface area contributed by atoms with E-state index in [1.165, 1.54) is 125 Å². The lowest BCUT2D eigenvalue weighted by atomic mass is 9.78. The largest absolute Gasteiger partial charge is 0.278 e. The van der Waals surface area contributed by atoms with Crippen molar-refractivity contribution in [1.29, 1.82) is 0 Å². The minimum atomic E-state index is 0.613. The molecule has 38 heavy (non-hydrogen) atoms. The Kier molecular flexibility index (Phi) is 9.76. The summed E-state index contributed by atoms with van der Waals surface area (Å²) in [6.45, 7) is 4.60. The van der Waals surface area contributed by atoms with Crippen LogP contribution in [0.25, 0.3) is 22.5 Å². The van der Waals surface area contributed by atoms with Crippen LogP contribution in [0.2, 0.25) is 0 Å². The molecule has 4 heteroatoms. The van der Waals surface area contributed by atoms with Gasteiger partial charge in [0.25, 0.3) is 0 Å². The van der Waals surface area contributed by atoms with Crippen LogP contribution in [0.3, 0.4) is 0 Å². The number of aromatic nitrogens is 4. The first-order valence-corrected chi connectivity index (χ1v) is 15.9. The first kappa shape index (κ1) is 27.2. The summed E-state index contributed by atoms with van der Waals surface area (Å²) in [5.74, 6) is 3.10. The van der Waals surface area contributed by atoms with Crippen LogP contribution in [0.4, 0.5) is 0 Å². The van der Waals surface area contributed by atoms with Crippen molar-refractivity contribution in [3.8, 4) is 22.5 Å². The molecular weight excluding hydrogens is 464 g/mol. The molecule has 0 atom stereocenters. The number of rotatable bonds is 12. The van der Waals surface area contributed by atoms with Crippen LogP contribution >= 0.6 is 0 Å². The Hall–Kier alpha value is -2.36. The average Bonchev–Trinajstić information content (AvgIpc) is 3.65. The summed E-state index contributed by atoms with van der Waals surface area (Å²) in [6, 6.07) is 13.4. The highest BCUT2D eigenvalue weighted by Crippen LogP contribution is 2.39. The van der Waals surface area contributed by atoms with Gasteiger partial charge in [-0.05, 0) is 81.4 Å².